The summed E-state index contributed by atoms with van der Waals surface area (Å²) in [6, 6.07) is 0. The lowest BCUT2D eigenvalue weighted by Crippen LogP contribution is -2.34. The number of hydrogen-bond acceptors (Lipinski definition) is 2. The van der Waals surface area contributed by atoms with Crippen LogP contribution in [0, 0.1) is 46.3 Å². The molecular formula is C30H60O2. The van der Waals surface area contributed by atoms with Gasteiger partial charge < -0.3 is 10.2 Å². The molecule has 2 heteroatoms. The monoisotopic (exact) mass is 452 g/mol. The minimum atomic E-state index is -0.107. The van der Waals surface area contributed by atoms with Crippen LogP contribution in [0.5, 0.6) is 0 Å². The van der Waals surface area contributed by atoms with Crippen LogP contribution < -0.4 is 0 Å². The molecule has 0 heterocycles. The third kappa shape index (κ3) is 9.28. The van der Waals surface area contributed by atoms with Crippen LogP contribution in [0.4, 0.5) is 0 Å². The zero-order valence-corrected chi connectivity index (χ0v) is 23.6. The first-order chi connectivity index (χ1) is 14.7. The minimum Gasteiger partial charge on any atom is -0.393 e. The summed E-state index contributed by atoms with van der Waals surface area (Å²) in [7, 11) is 0. The fourth-order valence-corrected chi connectivity index (χ4v) is 6.79. The molecule has 0 aliphatic heterocycles. The molecule has 0 radical (unpaired) electrons. The maximum atomic E-state index is 9.91. The molecule has 2 N–H and O–H groups in total. The maximum Gasteiger partial charge on any atom is 0.0563 e. The lowest BCUT2D eigenvalue weighted by molar-refractivity contribution is 0.0469. The molecule has 0 amide bonds. The van der Waals surface area contributed by atoms with E-state index in [1.165, 1.54) is 51.4 Å². The van der Waals surface area contributed by atoms with E-state index in [0.717, 1.165) is 36.5 Å². The molecule has 0 spiro atoms. The standard InChI is InChI=1S/2C15H30O/c2*1-11(2)14(16)9-8-13-12(3)7-6-10-15(13,4)5/h2*11-14,16H,6-10H2,1-5H3/t12?,13-,14?;/m0./s1. The highest BCUT2D eigenvalue weighted by Crippen LogP contribution is 2.47. The molecule has 32 heavy (non-hydrogen) atoms. The fraction of sp³-hybridized carbons (Fsp3) is 1.00. The Kier molecular flexibility index (Phi) is 12.3. The molecule has 2 rings (SSSR count). The van der Waals surface area contributed by atoms with Gasteiger partial charge in [0.15, 0.2) is 0 Å². The second-order valence-electron chi connectivity index (χ2n) is 13.7. The van der Waals surface area contributed by atoms with Crippen molar-refractivity contribution in [2.45, 2.75) is 146 Å². The zero-order valence-electron chi connectivity index (χ0n) is 23.6. The molecule has 0 saturated heterocycles. The van der Waals surface area contributed by atoms with E-state index in [0.29, 0.717) is 22.7 Å². The molecule has 0 aromatic rings. The molecule has 6 atom stereocenters. The summed E-state index contributed by atoms with van der Waals surface area (Å²) in [6.07, 6.45) is 12.4. The Morgan fingerprint density at radius 3 is 1.22 bits per heavy atom. The van der Waals surface area contributed by atoms with Gasteiger partial charge in [-0.2, -0.15) is 0 Å². The van der Waals surface area contributed by atoms with Crippen LogP contribution >= 0.6 is 0 Å². The van der Waals surface area contributed by atoms with Crippen molar-refractivity contribution in [2.75, 3.05) is 0 Å². The quantitative estimate of drug-likeness (QED) is 0.387. The Morgan fingerprint density at radius 2 is 0.969 bits per heavy atom. The van der Waals surface area contributed by atoms with Gasteiger partial charge in [-0.1, -0.05) is 94.9 Å². The Morgan fingerprint density at radius 1 is 0.656 bits per heavy atom. The van der Waals surface area contributed by atoms with Gasteiger partial charge in [-0.3, -0.25) is 0 Å². The first kappa shape index (κ1) is 30.0. The van der Waals surface area contributed by atoms with E-state index < -0.39 is 0 Å². The predicted molar refractivity (Wildman–Crippen MR) is 141 cm³/mol. The molecule has 2 nitrogen and oxygen atoms in total. The summed E-state index contributed by atoms with van der Waals surface area (Å²) >= 11 is 0. The van der Waals surface area contributed by atoms with E-state index in [9.17, 15) is 10.2 Å². The molecule has 0 aromatic carbocycles. The first-order valence-electron chi connectivity index (χ1n) is 14.0. The van der Waals surface area contributed by atoms with E-state index in [-0.39, 0.29) is 12.2 Å². The van der Waals surface area contributed by atoms with Gasteiger partial charge in [-0.15, -0.1) is 0 Å². The smallest absolute Gasteiger partial charge is 0.0563 e. The summed E-state index contributed by atoms with van der Waals surface area (Å²) in [5.41, 5.74) is 0.961. The molecule has 0 bridgehead atoms. The summed E-state index contributed by atoms with van der Waals surface area (Å²) in [5.74, 6) is 4.08. The molecule has 2 fully saturated rings. The van der Waals surface area contributed by atoms with E-state index in [2.05, 4.69) is 69.2 Å². The largest absolute Gasteiger partial charge is 0.393 e. The van der Waals surface area contributed by atoms with Crippen LogP contribution in [-0.2, 0) is 0 Å². The van der Waals surface area contributed by atoms with Crippen LogP contribution in [0.3, 0.4) is 0 Å². The SMILES string of the molecule is CC(C)C(O)CCC1C(C)CCCC1(C)C.CC(C)C(O)CC[C@H]1C(C)CCCC1(C)C. The van der Waals surface area contributed by atoms with Crippen LogP contribution in [-0.4, -0.2) is 22.4 Å². The van der Waals surface area contributed by atoms with Crippen LogP contribution in [0.2, 0.25) is 0 Å². The predicted octanol–water partition coefficient (Wildman–Crippen LogP) is 8.49. The van der Waals surface area contributed by atoms with Crippen molar-refractivity contribution in [3.8, 4) is 0 Å². The number of aliphatic hydroxyl groups is 2. The summed E-state index contributed by atoms with van der Waals surface area (Å²) in [6.45, 7) is 22.9. The molecule has 5 unspecified atom stereocenters. The van der Waals surface area contributed by atoms with Gasteiger partial charge in [0.1, 0.15) is 0 Å². The lowest BCUT2D eigenvalue weighted by atomic mass is 9.62. The van der Waals surface area contributed by atoms with Gasteiger partial charge in [-0.25, -0.2) is 0 Å². The minimum absolute atomic E-state index is 0.107. The second kappa shape index (κ2) is 13.1. The maximum absolute atomic E-state index is 9.91. The molecular weight excluding hydrogens is 392 g/mol. The molecule has 0 aromatic heterocycles. The van der Waals surface area contributed by atoms with Crippen molar-refractivity contribution < 1.29 is 10.2 Å². The first-order valence-corrected chi connectivity index (χ1v) is 14.0. The normalized spacial score (nSPS) is 31.7. The Hall–Kier alpha value is -0.0800. The average molecular weight is 453 g/mol. The van der Waals surface area contributed by atoms with Gasteiger partial charge >= 0.3 is 0 Å². The van der Waals surface area contributed by atoms with Crippen molar-refractivity contribution in [1.29, 1.82) is 0 Å². The van der Waals surface area contributed by atoms with Gasteiger partial charge in [0.25, 0.3) is 0 Å². The third-order valence-electron chi connectivity index (χ3n) is 9.43. The van der Waals surface area contributed by atoms with Crippen molar-refractivity contribution in [2.24, 2.45) is 46.3 Å². The number of rotatable bonds is 8. The summed E-state index contributed by atoms with van der Waals surface area (Å²) in [4.78, 5) is 0. The van der Waals surface area contributed by atoms with Gasteiger partial charge in [0.2, 0.25) is 0 Å². The van der Waals surface area contributed by atoms with Crippen molar-refractivity contribution >= 4 is 0 Å². The number of aliphatic hydroxyl groups excluding tert-OH is 2. The fourth-order valence-electron chi connectivity index (χ4n) is 6.79. The van der Waals surface area contributed by atoms with Crippen LogP contribution in [0.25, 0.3) is 0 Å². The highest BCUT2D eigenvalue weighted by Gasteiger charge is 2.37. The lowest BCUT2D eigenvalue weighted by Gasteiger charge is -2.43. The van der Waals surface area contributed by atoms with Crippen molar-refractivity contribution in [3.63, 3.8) is 0 Å². The van der Waals surface area contributed by atoms with Gasteiger partial charge in [-0.05, 0) is 84.9 Å². The molecule has 192 valence electrons. The van der Waals surface area contributed by atoms with Crippen LogP contribution in [0.15, 0.2) is 0 Å². The summed E-state index contributed by atoms with van der Waals surface area (Å²) in [5, 5.41) is 19.8. The van der Waals surface area contributed by atoms with E-state index in [4.69, 9.17) is 0 Å². The molecule has 2 saturated carbocycles. The van der Waals surface area contributed by atoms with E-state index >= 15 is 0 Å². The highest BCUT2D eigenvalue weighted by molar-refractivity contribution is 4.88. The van der Waals surface area contributed by atoms with Gasteiger partial charge in [0.05, 0.1) is 12.2 Å². The Labute approximate surface area is 202 Å². The summed E-state index contributed by atoms with van der Waals surface area (Å²) < 4.78 is 0. The van der Waals surface area contributed by atoms with Crippen LogP contribution in [0.1, 0.15) is 133 Å². The van der Waals surface area contributed by atoms with Gasteiger partial charge in [0, 0.05) is 0 Å². The van der Waals surface area contributed by atoms with Crippen molar-refractivity contribution in [1.82, 2.24) is 0 Å². The Bertz CT molecular complexity index is 461. The van der Waals surface area contributed by atoms with Crippen molar-refractivity contribution in [3.05, 3.63) is 0 Å². The molecule has 2 aliphatic rings. The molecule has 2 aliphatic carbocycles. The highest BCUT2D eigenvalue weighted by atomic mass is 16.3. The third-order valence-corrected chi connectivity index (χ3v) is 9.43. The zero-order chi connectivity index (χ0) is 24.7. The number of hydrogen-bond donors (Lipinski definition) is 2. The Balaban J connectivity index is 0.000000320. The topological polar surface area (TPSA) is 40.5 Å². The van der Waals surface area contributed by atoms with E-state index in [1.54, 1.807) is 0 Å². The average Bonchev–Trinajstić information content (AvgIpc) is 2.66. The second-order valence-corrected chi connectivity index (χ2v) is 13.7. The van der Waals surface area contributed by atoms with E-state index in [1.807, 2.05) is 0 Å².